The third-order valence-corrected chi connectivity index (χ3v) is 10.5. The Morgan fingerprint density at radius 3 is 1.82 bits per heavy atom. The number of rotatable bonds is 13. The molecule has 5 aromatic rings. The Morgan fingerprint density at radius 2 is 1.30 bits per heavy atom. The minimum atomic E-state index is -0.696. The Labute approximate surface area is 299 Å². The molecular formula is C40H49N7O2S. The zero-order valence-corrected chi connectivity index (χ0v) is 30.1. The molecule has 0 bridgehead atoms. The van der Waals surface area contributed by atoms with Crippen LogP contribution in [0.15, 0.2) is 84.9 Å². The van der Waals surface area contributed by atoms with Crippen LogP contribution in [-0.2, 0) is 22.4 Å². The van der Waals surface area contributed by atoms with Crippen molar-refractivity contribution in [1.82, 2.24) is 20.0 Å². The van der Waals surface area contributed by atoms with E-state index in [1.807, 2.05) is 41.0 Å². The average molecular weight is 692 g/mol. The van der Waals surface area contributed by atoms with Crippen LogP contribution in [0.4, 0.5) is 5.13 Å². The van der Waals surface area contributed by atoms with Gasteiger partial charge in [0, 0.05) is 31.7 Å². The number of nitrogens with two attached hydrogens (primary N) is 2. The fourth-order valence-corrected chi connectivity index (χ4v) is 7.84. The fraction of sp³-hybridized carbons (Fsp3) is 0.400. The van der Waals surface area contributed by atoms with E-state index in [0.29, 0.717) is 44.8 Å². The molecule has 0 spiro atoms. The van der Waals surface area contributed by atoms with Crippen LogP contribution >= 0.6 is 11.3 Å². The zero-order chi connectivity index (χ0) is 35.2. The van der Waals surface area contributed by atoms with Crippen molar-refractivity contribution < 1.29 is 9.59 Å². The van der Waals surface area contributed by atoms with Crippen LogP contribution in [0.3, 0.4) is 0 Å². The number of piperazine rings is 1. The number of fused-ring (bicyclic) bond motifs is 2. The van der Waals surface area contributed by atoms with Gasteiger partial charge in [0.05, 0.1) is 12.1 Å². The molecule has 4 atom stereocenters. The van der Waals surface area contributed by atoms with Crippen molar-refractivity contribution in [2.75, 3.05) is 25.0 Å². The number of hydrogen-bond donors (Lipinski definition) is 3. The van der Waals surface area contributed by atoms with Gasteiger partial charge in [-0.1, -0.05) is 110 Å². The summed E-state index contributed by atoms with van der Waals surface area (Å²) in [6.07, 6.45) is 3.15. The van der Waals surface area contributed by atoms with Crippen LogP contribution < -0.4 is 16.8 Å². The highest BCUT2D eigenvalue weighted by Gasteiger charge is 2.41. The maximum absolute atomic E-state index is 14.3. The third-order valence-electron chi connectivity index (χ3n) is 9.70. The maximum atomic E-state index is 14.3. The molecule has 1 saturated heterocycles. The minimum Gasteiger partial charge on any atom is -0.360 e. The Hall–Kier alpha value is -4.38. The maximum Gasteiger partial charge on any atom is 0.240 e. The van der Waals surface area contributed by atoms with E-state index in [2.05, 4.69) is 90.0 Å². The molecule has 9 nitrogen and oxygen atoms in total. The summed E-state index contributed by atoms with van der Waals surface area (Å²) in [7, 11) is 0. The van der Waals surface area contributed by atoms with Crippen molar-refractivity contribution in [3.63, 3.8) is 0 Å². The first-order valence-electron chi connectivity index (χ1n) is 17.8. The van der Waals surface area contributed by atoms with Crippen LogP contribution in [-0.4, -0.2) is 75.6 Å². The lowest BCUT2D eigenvalue weighted by atomic mass is 9.93. The first-order chi connectivity index (χ1) is 24.1. The molecule has 6 rings (SSSR count). The van der Waals surface area contributed by atoms with Gasteiger partial charge in [0.1, 0.15) is 5.01 Å². The molecule has 0 saturated carbocycles. The van der Waals surface area contributed by atoms with Crippen molar-refractivity contribution in [2.24, 2.45) is 17.4 Å². The lowest BCUT2D eigenvalue weighted by molar-refractivity contribution is -0.149. The predicted molar refractivity (Wildman–Crippen MR) is 204 cm³/mol. The monoisotopic (exact) mass is 691 g/mol. The summed E-state index contributed by atoms with van der Waals surface area (Å²) < 4.78 is 0. The standard InChI is InChI=1S/C40H49N7O2S/c1-26(2)19-35-25-46(38(48)36(41)22-28-14-16-30-9-4-6-11-32(30)20-28)34(13-8-18-43-40-45-44-27(3)50-40)24-47(35)39(49)37(42)23-29-15-17-31-10-5-7-12-33(31)21-29/h4-7,9-12,14-17,20-21,26,34-37H,8,13,18-19,22-25,41-42H2,1-3H3,(H,43,45)/t34?,35-,36-,37-/m1/s1. The van der Waals surface area contributed by atoms with Gasteiger partial charge >= 0.3 is 0 Å². The molecule has 5 N–H and O–H groups in total. The highest BCUT2D eigenvalue weighted by Crippen LogP contribution is 2.27. The van der Waals surface area contributed by atoms with Gasteiger partial charge in [-0.05, 0) is 77.6 Å². The molecule has 1 aliphatic heterocycles. The first-order valence-corrected chi connectivity index (χ1v) is 18.6. The predicted octanol–water partition coefficient (Wildman–Crippen LogP) is 5.94. The first kappa shape index (κ1) is 35.4. The Balaban J connectivity index is 1.20. The number of nitrogens with one attached hydrogen (secondary N) is 1. The molecule has 10 heteroatoms. The minimum absolute atomic E-state index is 0.0659. The van der Waals surface area contributed by atoms with Crippen LogP contribution in [0, 0.1) is 12.8 Å². The number of anilines is 1. The van der Waals surface area contributed by atoms with E-state index < -0.39 is 12.1 Å². The van der Waals surface area contributed by atoms with E-state index >= 15 is 0 Å². The number of hydrogen-bond acceptors (Lipinski definition) is 8. The van der Waals surface area contributed by atoms with Gasteiger partial charge in [-0.2, -0.15) is 0 Å². The number of amides is 2. The molecule has 1 unspecified atom stereocenters. The van der Waals surface area contributed by atoms with E-state index in [1.54, 1.807) is 0 Å². The molecule has 50 heavy (non-hydrogen) atoms. The third kappa shape index (κ3) is 8.67. The van der Waals surface area contributed by atoms with Crippen LogP contribution in [0.5, 0.6) is 0 Å². The van der Waals surface area contributed by atoms with Crippen molar-refractivity contribution in [3.8, 4) is 0 Å². The van der Waals surface area contributed by atoms with Crippen LogP contribution in [0.25, 0.3) is 21.5 Å². The molecule has 2 heterocycles. The van der Waals surface area contributed by atoms with Gasteiger partial charge in [-0.15, -0.1) is 10.2 Å². The molecule has 0 radical (unpaired) electrons. The largest absolute Gasteiger partial charge is 0.360 e. The topological polar surface area (TPSA) is 130 Å². The summed E-state index contributed by atoms with van der Waals surface area (Å²) >= 11 is 1.52. The Bertz CT molecular complexity index is 1930. The molecular weight excluding hydrogens is 643 g/mol. The zero-order valence-electron chi connectivity index (χ0n) is 29.3. The molecule has 1 fully saturated rings. The van der Waals surface area contributed by atoms with Gasteiger partial charge in [0.25, 0.3) is 0 Å². The fourth-order valence-electron chi connectivity index (χ4n) is 7.22. The van der Waals surface area contributed by atoms with E-state index in [4.69, 9.17) is 11.5 Å². The smallest absolute Gasteiger partial charge is 0.240 e. The molecule has 1 aliphatic rings. The van der Waals surface area contributed by atoms with Crippen LogP contribution in [0.1, 0.15) is 49.2 Å². The van der Waals surface area contributed by atoms with Gasteiger partial charge in [0.15, 0.2) is 0 Å². The van der Waals surface area contributed by atoms with Gasteiger partial charge < -0.3 is 26.6 Å². The molecule has 2 amide bonds. The Morgan fingerprint density at radius 1 is 0.780 bits per heavy atom. The summed E-state index contributed by atoms with van der Waals surface area (Å²) in [5.74, 6) is 0.187. The lowest BCUT2D eigenvalue weighted by Crippen LogP contribution is -2.65. The quantitative estimate of drug-likeness (QED) is 0.130. The highest BCUT2D eigenvalue weighted by molar-refractivity contribution is 7.15. The number of carbonyl (C=O) groups excluding carboxylic acids is 2. The van der Waals surface area contributed by atoms with Crippen LogP contribution in [0.2, 0.25) is 0 Å². The van der Waals surface area contributed by atoms with Crippen molar-refractivity contribution in [3.05, 3.63) is 101 Å². The van der Waals surface area contributed by atoms with Gasteiger partial charge in [0.2, 0.25) is 16.9 Å². The molecule has 0 aliphatic carbocycles. The summed E-state index contributed by atoms with van der Waals surface area (Å²) in [5, 5.41) is 17.9. The van der Waals surface area contributed by atoms with Gasteiger partial charge in [-0.3, -0.25) is 9.59 Å². The van der Waals surface area contributed by atoms with E-state index in [1.165, 1.54) is 11.3 Å². The number of nitrogens with zero attached hydrogens (tertiary/aromatic N) is 4. The second-order valence-corrected chi connectivity index (χ2v) is 15.3. The van der Waals surface area contributed by atoms with E-state index in [-0.39, 0.29) is 23.9 Å². The number of carbonyl (C=O) groups is 2. The van der Waals surface area contributed by atoms with E-state index in [0.717, 1.165) is 55.7 Å². The van der Waals surface area contributed by atoms with Crippen molar-refractivity contribution >= 4 is 49.8 Å². The second kappa shape index (κ2) is 16.1. The second-order valence-electron chi connectivity index (χ2n) is 14.1. The molecule has 4 aromatic carbocycles. The SMILES string of the molecule is Cc1nnc(NCCCC2CN(C(=O)[C@H](N)Cc3ccc4ccccc4c3)[C@H](CC(C)C)CN2C(=O)[C@H](N)Cc2ccc3ccccc3c2)s1. The summed E-state index contributed by atoms with van der Waals surface area (Å²) in [6, 6.07) is 27.2. The van der Waals surface area contributed by atoms with Gasteiger partial charge in [-0.25, -0.2) is 0 Å². The Kier molecular flexibility index (Phi) is 11.4. The highest BCUT2D eigenvalue weighted by atomic mass is 32.1. The molecule has 262 valence electrons. The number of benzene rings is 4. The summed E-state index contributed by atoms with van der Waals surface area (Å²) in [5.41, 5.74) is 15.5. The van der Waals surface area contributed by atoms with Crippen molar-refractivity contribution in [1.29, 1.82) is 0 Å². The lowest BCUT2D eigenvalue weighted by Gasteiger charge is -2.48. The summed E-state index contributed by atoms with van der Waals surface area (Å²) in [4.78, 5) is 32.4. The van der Waals surface area contributed by atoms with E-state index in [9.17, 15) is 9.59 Å². The number of aromatic nitrogens is 2. The normalized spacial score (nSPS) is 17.7. The summed E-state index contributed by atoms with van der Waals surface area (Å²) in [6.45, 7) is 7.78. The van der Waals surface area contributed by atoms with Crippen molar-refractivity contribution in [2.45, 2.75) is 77.0 Å². The molecule has 1 aromatic heterocycles. The number of aryl methyl sites for hydroxylation is 1. The average Bonchev–Trinajstić information content (AvgIpc) is 3.53.